The highest BCUT2D eigenvalue weighted by atomic mass is 35.5. The highest BCUT2D eigenvalue weighted by molar-refractivity contribution is 6.30. The molecule has 124 valence electrons. The van der Waals surface area contributed by atoms with Crippen LogP contribution in [0.2, 0.25) is 5.02 Å². The second-order valence-corrected chi connectivity index (χ2v) is 8.01. The molecule has 0 saturated carbocycles. The third kappa shape index (κ3) is 4.97. The van der Waals surface area contributed by atoms with E-state index in [0.29, 0.717) is 11.3 Å². The fourth-order valence-electron chi connectivity index (χ4n) is 3.58. The Morgan fingerprint density at radius 1 is 1.32 bits per heavy atom. The Morgan fingerprint density at radius 2 is 2.09 bits per heavy atom. The molecular weight excluding hydrogens is 292 g/mol. The molecule has 0 bridgehead atoms. The molecule has 0 amide bonds. The Morgan fingerprint density at radius 3 is 2.73 bits per heavy atom. The predicted molar refractivity (Wildman–Crippen MR) is 96.9 cm³/mol. The quantitative estimate of drug-likeness (QED) is 0.797. The van der Waals surface area contributed by atoms with Gasteiger partial charge in [-0.1, -0.05) is 31.5 Å². The number of benzene rings is 1. The Hall–Kier alpha value is -0.570. The Bertz CT molecular complexity index is 484. The van der Waals surface area contributed by atoms with Crippen molar-refractivity contribution in [2.24, 2.45) is 5.41 Å². The van der Waals surface area contributed by atoms with Gasteiger partial charge in [0.15, 0.2) is 0 Å². The zero-order valence-corrected chi connectivity index (χ0v) is 15.3. The van der Waals surface area contributed by atoms with Crippen LogP contribution in [0.15, 0.2) is 18.2 Å². The van der Waals surface area contributed by atoms with Gasteiger partial charge in [-0.25, -0.2) is 0 Å². The van der Waals surface area contributed by atoms with E-state index in [9.17, 15) is 0 Å². The van der Waals surface area contributed by atoms with Crippen LogP contribution < -0.4 is 5.32 Å². The number of likely N-dealkylation sites (tertiary alicyclic amines) is 1. The molecule has 22 heavy (non-hydrogen) atoms. The summed E-state index contributed by atoms with van der Waals surface area (Å²) in [6.45, 7) is 11.7. The molecule has 0 radical (unpaired) electrons. The third-order valence-electron chi connectivity index (χ3n) is 4.97. The lowest BCUT2D eigenvalue weighted by Crippen LogP contribution is -2.26. The molecule has 0 aromatic heterocycles. The monoisotopic (exact) mass is 322 g/mol. The standard InChI is InChI=1S/C19H31ClN2/c1-15-5-6-17(20)13-18(15)16(7-10-21-4)8-11-22-12-9-19(2,3)14-22/h5-6,13,16,21H,7-12,14H2,1-4H3/t16-/m1/s1. The summed E-state index contributed by atoms with van der Waals surface area (Å²) in [7, 11) is 2.03. The van der Waals surface area contributed by atoms with Crippen molar-refractivity contribution in [1.29, 1.82) is 0 Å². The maximum Gasteiger partial charge on any atom is 0.0409 e. The SMILES string of the molecule is CNCC[C@H](CCN1CCC(C)(C)C1)c1cc(Cl)ccc1C. The fraction of sp³-hybridized carbons (Fsp3) is 0.684. The summed E-state index contributed by atoms with van der Waals surface area (Å²) in [5.41, 5.74) is 3.29. The average Bonchev–Trinajstić information content (AvgIpc) is 2.81. The maximum absolute atomic E-state index is 6.23. The molecule has 1 fully saturated rings. The van der Waals surface area contributed by atoms with E-state index < -0.39 is 0 Å². The molecule has 0 spiro atoms. The van der Waals surface area contributed by atoms with Crippen molar-refractivity contribution in [2.75, 3.05) is 33.2 Å². The molecule has 1 atom stereocenters. The highest BCUT2D eigenvalue weighted by Crippen LogP contribution is 2.32. The topological polar surface area (TPSA) is 15.3 Å². The number of nitrogens with one attached hydrogen (secondary N) is 1. The van der Waals surface area contributed by atoms with Gasteiger partial charge in [0.1, 0.15) is 0 Å². The van der Waals surface area contributed by atoms with Gasteiger partial charge in [-0.3, -0.25) is 0 Å². The molecule has 1 aliphatic heterocycles. The van der Waals surface area contributed by atoms with E-state index >= 15 is 0 Å². The van der Waals surface area contributed by atoms with Crippen molar-refractivity contribution in [2.45, 2.75) is 46.0 Å². The number of rotatable bonds is 7. The van der Waals surface area contributed by atoms with Crippen LogP contribution in [-0.2, 0) is 0 Å². The molecule has 0 unspecified atom stereocenters. The Kier molecular flexibility index (Phi) is 6.31. The van der Waals surface area contributed by atoms with Crippen molar-refractivity contribution >= 4 is 11.6 Å². The van der Waals surface area contributed by atoms with Crippen molar-refractivity contribution in [3.05, 3.63) is 34.3 Å². The van der Waals surface area contributed by atoms with Gasteiger partial charge in [0, 0.05) is 11.6 Å². The first-order valence-corrected chi connectivity index (χ1v) is 8.92. The summed E-state index contributed by atoms with van der Waals surface area (Å²) in [5.74, 6) is 0.592. The number of aryl methyl sites for hydroxylation is 1. The summed E-state index contributed by atoms with van der Waals surface area (Å²) in [4.78, 5) is 2.63. The molecule has 1 heterocycles. The third-order valence-corrected chi connectivity index (χ3v) is 5.21. The van der Waals surface area contributed by atoms with E-state index in [2.05, 4.69) is 43.1 Å². The van der Waals surface area contributed by atoms with Crippen LogP contribution in [0.25, 0.3) is 0 Å². The van der Waals surface area contributed by atoms with E-state index in [1.165, 1.54) is 50.0 Å². The van der Waals surface area contributed by atoms with Gasteiger partial charge in [0.2, 0.25) is 0 Å². The van der Waals surface area contributed by atoms with E-state index in [1.54, 1.807) is 0 Å². The normalized spacial score (nSPS) is 19.5. The first-order chi connectivity index (χ1) is 10.4. The number of hydrogen-bond donors (Lipinski definition) is 1. The first-order valence-electron chi connectivity index (χ1n) is 8.54. The smallest absolute Gasteiger partial charge is 0.0409 e. The molecule has 1 N–H and O–H groups in total. The van der Waals surface area contributed by atoms with Crippen molar-refractivity contribution in [3.63, 3.8) is 0 Å². The van der Waals surface area contributed by atoms with E-state index in [1.807, 2.05) is 13.1 Å². The van der Waals surface area contributed by atoms with Crippen LogP contribution in [-0.4, -0.2) is 38.1 Å². The zero-order valence-electron chi connectivity index (χ0n) is 14.6. The first kappa shape index (κ1) is 17.8. The lowest BCUT2D eigenvalue weighted by molar-refractivity contribution is 0.278. The van der Waals surface area contributed by atoms with Gasteiger partial charge in [-0.2, -0.15) is 0 Å². The van der Waals surface area contributed by atoms with E-state index in [0.717, 1.165) is 11.6 Å². The van der Waals surface area contributed by atoms with E-state index in [4.69, 9.17) is 11.6 Å². The molecule has 2 rings (SSSR count). The molecular formula is C19H31ClN2. The zero-order chi connectivity index (χ0) is 16.2. The van der Waals surface area contributed by atoms with Crippen molar-refractivity contribution < 1.29 is 0 Å². The molecule has 1 aliphatic rings. The average molecular weight is 323 g/mol. The number of nitrogens with zero attached hydrogens (tertiary/aromatic N) is 1. The van der Waals surface area contributed by atoms with Gasteiger partial charge in [-0.05, 0) is 87.5 Å². The van der Waals surface area contributed by atoms with Crippen LogP contribution in [0.1, 0.15) is 50.2 Å². The predicted octanol–water partition coefficient (Wildman–Crippen LogP) is 4.46. The molecule has 3 heteroatoms. The molecule has 2 nitrogen and oxygen atoms in total. The second-order valence-electron chi connectivity index (χ2n) is 7.57. The van der Waals surface area contributed by atoms with Gasteiger partial charge in [-0.15, -0.1) is 0 Å². The summed E-state index contributed by atoms with van der Waals surface area (Å²) in [5, 5.41) is 4.16. The summed E-state index contributed by atoms with van der Waals surface area (Å²) in [6.07, 6.45) is 3.72. The lowest BCUT2D eigenvalue weighted by atomic mass is 9.89. The lowest BCUT2D eigenvalue weighted by Gasteiger charge is -2.24. The van der Waals surface area contributed by atoms with Gasteiger partial charge in [0.25, 0.3) is 0 Å². The molecule has 1 aromatic rings. The maximum atomic E-state index is 6.23. The summed E-state index contributed by atoms with van der Waals surface area (Å²) < 4.78 is 0. The molecule has 0 aliphatic carbocycles. The highest BCUT2D eigenvalue weighted by Gasteiger charge is 2.29. The Labute approximate surface area is 141 Å². The second kappa shape index (κ2) is 7.81. The number of hydrogen-bond acceptors (Lipinski definition) is 2. The Balaban J connectivity index is 2.01. The van der Waals surface area contributed by atoms with E-state index in [-0.39, 0.29) is 0 Å². The van der Waals surface area contributed by atoms with Crippen molar-refractivity contribution in [1.82, 2.24) is 10.2 Å². The van der Waals surface area contributed by atoms with Crippen LogP contribution in [0.4, 0.5) is 0 Å². The molecule has 1 aromatic carbocycles. The van der Waals surface area contributed by atoms with Crippen LogP contribution >= 0.6 is 11.6 Å². The minimum Gasteiger partial charge on any atom is -0.320 e. The molecule has 1 saturated heterocycles. The minimum atomic E-state index is 0.493. The largest absolute Gasteiger partial charge is 0.320 e. The van der Waals surface area contributed by atoms with Crippen LogP contribution in [0, 0.1) is 12.3 Å². The van der Waals surface area contributed by atoms with Crippen molar-refractivity contribution in [3.8, 4) is 0 Å². The van der Waals surface area contributed by atoms with Crippen LogP contribution in [0.3, 0.4) is 0 Å². The van der Waals surface area contributed by atoms with Gasteiger partial charge < -0.3 is 10.2 Å². The van der Waals surface area contributed by atoms with Gasteiger partial charge >= 0.3 is 0 Å². The number of halogens is 1. The summed E-state index contributed by atoms with van der Waals surface area (Å²) in [6, 6.07) is 6.33. The minimum absolute atomic E-state index is 0.493. The summed E-state index contributed by atoms with van der Waals surface area (Å²) >= 11 is 6.23. The van der Waals surface area contributed by atoms with Crippen LogP contribution in [0.5, 0.6) is 0 Å². The fourth-order valence-corrected chi connectivity index (χ4v) is 3.76. The van der Waals surface area contributed by atoms with Gasteiger partial charge in [0.05, 0.1) is 0 Å².